The average molecular weight is 135 g/mol. The van der Waals surface area contributed by atoms with Crippen LogP contribution in [0, 0.1) is 0 Å². The van der Waals surface area contributed by atoms with Gasteiger partial charge in [-0.05, 0) is 0 Å². The van der Waals surface area contributed by atoms with Gasteiger partial charge in [0.25, 0.3) is 0 Å². The van der Waals surface area contributed by atoms with Gasteiger partial charge in [0.15, 0.2) is 0 Å². The van der Waals surface area contributed by atoms with Crippen LogP contribution in [0.2, 0.25) is 0 Å². The molecule has 0 atom stereocenters. The summed E-state index contributed by atoms with van der Waals surface area (Å²) >= 11 is 0. The SMILES string of the molecule is [Cr+3].[F-].[F-].[F-].[MgH2]. The van der Waals surface area contributed by atoms with E-state index in [1.165, 1.54) is 0 Å². The van der Waals surface area contributed by atoms with Crippen molar-refractivity contribution in [3.8, 4) is 0 Å². The molecule has 0 aliphatic rings. The van der Waals surface area contributed by atoms with Gasteiger partial charge in [-0.1, -0.05) is 0 Å². The van der Waals surface area contributed by atoms with E-state index in [1.807, 2.05) is 0 Å². The van der Waals surface area contributed by atoms with Gasteiger partial charge in [-0.3, -0.25) is 0 Å². The third-order valence-electron chi connectivity index (χ3n) is 0. The fraction of sp³-hybridized carbons (Fsp3) is 0. The van der Waals surface area contributed by atoms with Crippen LogP contribution in [-0.2, 0) is 17.4 Å². The predicted molar refractivity (Wildman–Crippen MR) is 8.54 cm³/mol. The summed E-state index contributed by atoms with van der Waals surface area (Å²) in [5.74, 6) is 0. The van der Waals surface area contributed by atoms with E-state index in [4.69, 9.17) is 0 Å². The minimum atomic E-state index is 0. The van der Waals surface area contributed by atoms with Gasteiger partial charge >= 0.3 is 40.4 Å². The summed E-state index contributed by atoms with van der Waals surface area (Å²) in [6.45, 7) is 0. The molecule has 0 aliphatic heterocycles. The van der Waals surface area contributed by atoms with E-state index in [9.17, 15) is 0 Å². The second-order valence-corrected chi connectivity index (χ2v) is 0. The Morgan fingerprint density at radius 2 is 0.600 bits per heavy atom. The van der Waals surface area contributed by atoms with Crippen LogP contribution in [-0.4, -0.2) is 23.1 Å². The van der Waals surface area contributed by atoms with E-state index in [0.717, 1.165) is 0 Å². The molecule has 5 heavy (non-hydrogen) atoms. The molecule has 0 saturated carbocycles. The molecule has 1 radical (unpaired) electrons. The number of hydrogen-bond donors (Lipinski definition) is 0. The van der Waals surface area contributed by atoms with Crippen molar-refractivity contribution in [3.05, 3.63) is 0 Å². The number of halogens is 3. The van der Waals surface area contributed by atoms with Gasteiger partial charge in [0.05, 0.1) is 0 Å². The number of rotatable bonds is 0. The normalized spacial score (nSPS) is 0. The summed E-state index contributed by atoms with van der Waals surface area (Å²) in [6, 6.07) is 0. The van der Waals surface area contributed by atoms with Crippen molar-refractivity contribution in [2.24, 2.45) is 0 Å². The Labute approximate surface area is 54.7 Å². The molecular weight excluding hydrogens is 133 g/mol. The summed E-state index contributed by atoms with van der Waals surface area (Å²) in [4.78, 5) is 0. The van der Waals surface area contributed by atoms with Crippen LogP contribution in [0.5, 0.6) is 0 Å². The minimum Gasteiger partial charge on any atom is -1.00 e. The van der Waals surface area contributed by atoms with Gasteiger partial charge < -0.3 is 14.1 Å². The molecule has 0 nitrogen and oxygen atoms in total. The van der Waals surface area contributed by atoms with Crippen molar-refractivity contribution < 1.29 is 31.5 Å². The van der Waals surface area contributed by atoms with E-state index in [-0.39, 0.29) is 54.5 Å². The molecule has 0 aromatic rings. The van der Waals surface area contributed by atoms with Crippen molar-refractivity contribution in [3.63, 3.8) is 0 Å². The quantitative estimate of drug-likeness (QED) is 0.289. The molecule has 0 heterocycles. The molecule has 0 unspecified atom stereocenters. The van der Waals surface area contributed by atoms with Crippen LogP contribution >= 0.6 is 0 Å². The topological polar surface area (TPSA) is 0 Å². The molecule has 0 fully saturated rings. The van der Waals surface area contributed by atoms with Crippen LogP contribution in [0.15, 0.2) is 0 Å². The van der Waals surface area contributed by atoms with Gasteiger partial charge in [0.2, 0.25) is 0 Å². The van der Waals surface area contributed by atoms with Crippen LogP contribution in [0.4, 0.5) is 0 Å². The van der Waals surface area contributed by atoms with Crippen LogP contribution in [0.1, 0.15) is 0 Å². The fourth-order valence-electron chi connectivity index (χ4n) is 0. The first-order chi connectivity index (χ1) is 0. The first kappa shape index (κ1) is 133. The van der Waals surface area contributed by atoms with Crippen molar-refractivity contribution in [2.75, 3.05) is 0 Å². The van der Waals surface area contributed by atoms with Gasteiger partial charge in [0, 0.05) is 0 Å². The molecule has 0 amide bonds. The third kappa shape index (κ3) is 41.0. The van der Waals surface area contributed by atoms with Gasteiger partial charge in [-0.25, -0.2) is 0 Å². The van der Waals surface area contributed by atoms with Crippen molar-refractivity contribution in [2.45, 2.75) is 0 Å². The Hall–Kier alpha value is 1.09. The minimum absolute atomic E-state index is 0. The zero-order chi connectivity index (χ0) is 0. The Balaban J connectivity index is 0. The maximum atomic E-state index is 0. The van der Waals surface area contributed by atoms with Crippen LogP contribution < -0.4 is 14.1 Å². The van der Waals surface area contributed by atoms with E-state index >= 15 is 0 Å². The first-order valence-electron chi connectivity index (χ1n) is 0. The maximum Gasteiger partial charge on any atom is 3.00 e. The summed E-state index contributed by atoms with van der Waals surface area (Å²) in [5, 5.41) is 0. The first-order valence-corrected chi connectivity index (χ1v) is 0. The molecule has 0 saturated heterocycles. The molecule has 0 N–H and O–H groups in total. The van der Waals surface area contributed by atoms with Gasteiger partial charge in [-0.2, -0.15) is 0 Å². The molecule has 0 spiro atoms. The van der Waals surface area contributed by atoms with Crippen molar-refractivity contribution in [1.29, 1.82) is 0 Å². The monoisotopic (exact) mass is 135 g/mol. The molecule has 31 valence electrons. The fourth-order valence-corrected chi connectivity index (χ4v) is 0. The Bertz CT molecular complexity index is 6.85. The average Bonchev–Trinajstić information content (AvgIpc) is 0. The summed E-state index contributed by atoms with van der Waals surface area (Å²) in [5.41, 5.74) is 0. The molecule has 0 aromatic carbocycles. The zero-order valence-electron chi connectivity index (χ0n) is 1.54. The Morgan fingerprint density at radius 3 is 0.600 bits per heavy atom. The van der Waals surface area contributed by atoms with E-state index in [2.05, 4.69) is 0 Å². The van der Waals surface area contributed by atoms with Gasteiger partial charge in [-0.15, -0.1) is 0 Å². The van der Waals surface area contributed by atoms with Crippen LogP contribution in [0.25, 0.3) is 0 Å². The zero-order valence-corrected chi connectivity index (χ0v) is 2.82. The second-order valence-electron chi connectivity index (χ2n) is 0. The van der Waals surface area contributed by atoms with Crippen molar-refractivity contribution >= 4 is 23.1 Å². The van der Waals surface area contributed by atoms with E-state index in [1.54, 1.807) is 0 Å². The summed E-state index contributed by atoms with van der Waals surface area (Å²) in [7, 11) is 0. The smallest absolute Gasteiger partial charge is 1.00 e. The standard InChI is InChI=1S/Cr.3FH.Mg.2H/h;3*1H;;;/q+3;;;;;;/p-3. The van der Waals surface area contributed by atoms with Crippen LogP contribution in [0.3, 0.4) is 0 Å². The third-order valence-corrected chi connectivity index (χ3v) is 0. The number of hydrogen-bond acceptors (Lipinski definition) is 0. The molecule has 0 aliphatic carbocycles. The van der Waals surface area contributed by atoms with E-state index < -0.39 is 0 Å². The maximum absolute atomic E-state index is 0. The second kappa shape index (κ2) is 71.8. The molecular formula is H2CrF3Mg. The summed E-state index contributed by atoms with van der Waals surface area (Å²) in [6.07, 6.45) is 0. The molecule has 0 aromatic heterocycles. The van der Waals surface area contributed by atoms with Gasteiger partial charge in [0.1, 0.15) is 0 Å². The Kier molecular flexibility index (Phi) is 1910. The van der Waals surface area contributed by atoms with Crippen molar-refractivity contribution in [1.82, 2.24) is 0 Å². The predicted octanol–water partition coefficient (Wildman–Crippen LogP) is -9.91. The van der Waals surface area contributed by atoms with E-state index in [0.29, 0.717) is 0 Å². The summed E-state index contributed by atoms with van der Waals surface area (Å²) < 4.78 is 0. The molecule has 0 bridgehead atoms. The largest absolute Gasteiger partial charge is 3.00 e. The molecule has 5 heteroatoms. The Morgan fingerprint density at radius 1 is 0.600 bits per heavy atom. The molecule has 0 rings (SSSR count).